The highest BCUT2D eigenvalue weighted by molar-refractivity contribution is 6.32. The molecule has 0 saturated carbocycles. The predicted octanol–water partition coefficient (Wildman–Crippen LogP) is 3.32. The Bertz CT molecular complexity index is 725. The van der Waals surface area contributed by atoms with E-state index in [0.717, 1.165) is 11.0 Å². The van der Waals surface area contributed by atoms with Gasteiger partial charge in [-0.2, -0.15) is 5.10 Å². The summed E-state index contributed by atoms with van der Waals surface area (Å²) in [7, 11) is 0. The SMILES string of the molecule is Clc1nc2ccccc2nc1NN=Cc1ccco1. The fraction of sp³-hybridized carbons (Fsp3) is 0. The normalized spacial score (nSPS) is 11.2. The van der Waals surface area contributed by atoms with Gasteiger partial charge in [-0.1, -0.05) is 23.7 Å². The van der Waals surface area contributed by atoms with Gasteiger partial charge in [-0.25, -0.2) is 9.97 Å². The molecule has 1 N–H and O–H groups in total. The van der Waals surface area contributed by atoms with Crippen molar-refractivity contribution in [2.24, 2.45) is 5.10 Å². The number of hydrazone groups is 1. The molecule has 0 radical (unpaired) electrons. The van der Waals surface area contributed by atoms with Crippen LogP contribution in [0.4, 0.5) is 5.82 Å². The molecule has 5 nitrogen and oxygen atoms in total. The van der Waals surface area contributed by atoms with Gasteiger partial charge in [-0.3, -0.25) is 5.43 Å². The maximum absolute atomic E-state index is 6.03. The van der Waals surface area contributed by atoms with Crippen LogP contribution >= 0.6 is 11.6 Å². The number of fused-ring (bicyclic) bond motifs is 1. The lowest BCUT2D eigenvalue weighted by Crippen LogP contribution is -1.97. The van der Waals surface area contributed by atoms with Crippen molar-refractivity contribution >= 4 is 34.7 Å². The van der Waals surface area contributed by atoms with Crippen molar-refractivity contribution in [1.82, 2.24) is 9.97 Å². The number of nitrogens with one attached hydrogen (secondary N) is 1. The van der Waals surface area contributed by atoms with E-state index in [4.69, 9.17) is 16.0 Å². The molecule has 0 saturated heterocycles. The van der Waals surface area contributed by atoms with Gasteiger partial charge in [-0.15, -0.1) is 0 Å². The molecule has 0 aliphatic carbocycles. The average Bonchev–Trinajstić information content (AvgIpc) is 2.92. The number of anilines is 1. The topological polar surface area (TPSA) is 63.3 Å². The summed E-state index contributed by atoms with van der Waals surface area (Å²) in [4.78, 5) is 8.58. The van der Waals surface area contributed by atoms with Crippen LogP contribution < -0.4 is 5.43 Å². The Labute approximate surface area is 113 Å². The third-order valence-electron chi connectivity index (χ3n) is 2.43. The monoisotopic (exact) mass is 272 g/mol. The number of halogens is 1. The lowest BCUT2D eigenvalue weighted by atomic mass is 10.3. The second kappa shape index (κ2) is 5.07. The Morgan fingerprint density at radius 3 is 2.63 bits per heavy atom. The van der Waals surface area contributed by atoms with E-state index in [-0.39, 0.29) is 5.15 Å². The number of furan rings is 1. The molecular weight excluding hydrogens is 264 g/mol. The molecule has 0 spiro atoms. The molecule has 0 fully saturated rings. The third kappa shape index (κ3) is 2.56. The van der Waals surface area contributed by atoms with Gasteiger partial charge in [0.25, 0.3) is 0 Å². The summed E-state index contributed by atoms with van der Waals surface area (Å²) >= 11 is 6.03. The van der Waals surface area contributed by atoms with E-state index in [0.29, 0.717) is 11.6 Å². The molecule has 0 bridgehead atoms. The van der Waals surface area contributed by atoms with Crippen LogP contribution in [0.25, 0.3) is 11.0 Å². The van der Waals surface area contributed by atoms with E-state index in [1.807, 2.05) is 24.3 Å². The maximum atomic E-state index is 6.03. The number of hydrogen-bond donors (Lipinski definition) is 1. The molecule has 1 aromatic carbocycles. The minimum absolute atomic E-state index is 0.273. The van der Waals surface area contributed by atoms with Crippen LogP contribution in [0.1, 0.15) is 5.76 Å². The van der Waals surface area contributed by atoms with Crippen LogP contribution in [-0.2, 0) is 0 Å². The van der Waals surface area contributed by atoms with Crippen LogP contribution in [0.2, 0.25) is 5.15 Å². The first kappa shape index (κ1) is 11.7. The molecule has 6 heteroatoms. The Balaban J connectivity index is 1.86. The largest absolute Gasteiger partial charge is 0.463 e. The van der Waals surface area contributed by atoms with Gasteiger partial charge < -0.3 is 4.42 Å². The van der Waals surface area contributed by atoms with Crippen molar-refractivity contribution in [3.63, 3.8) is 0 Å². The van der Waals surface area contributed by atoms with E-state index in [1.165, 1.54) is 6.21 Å². The Kier molecular flexibility index (Phi) is 3.12. The summed E-state index contributed by atoms with van der Waals surface area (Å²) < 4.78 is 5.11. The fourth-order valence-electron chi connectivity index (χ4n) is 1.57. The van der Waals surface area contributed by atoms with Crippen molar-refractivity contribution in [1.29, 1.82) is 0 Å². The van der Waals surface area contributed by atoms with E-state index >= 15 is 0 Å². The molecule has 2 aromatic heterocycles. The van der Waals surface area contributed by atoms with Crippen molar-refractivity contribution in [3.8, 4) is 0 Å². The molecule has 0 aliphatic heterocycles. The number of benzene rings is 1. The molecule has 3 rings (SSSR count). The lowest BCUT2D eigenvalue weighted by Gasteiger charge is -2.03. The van der Waals surface area contributed by atoms with E-state index in [2.05, 4.69) is 20.5 Å². The summed E-state index contributed by atoms with van der Waals surface area (Å²) in [5.41, 5.74) is 4.24. The van der Waals surface area contributed by atoms with Crippen LogP contribution in [0.15, 0.2) is 52.2 Å². The number of para-hydroxylation sites is 2. The molecule has 94 valence electrons. The molecule has 0 unspecified atom stereocenters. The van der Waals surface area contributed by atoms with Gasteiger partial charge in [0.1, 0.15) is 5.76 Å². The minimum atomic E-state index is 0.273. The zero-order chi connectivity index (χ0) is 13.1. The second-order valence-corrected chi connectivity index (χ2v) is 4.10. The second-order valence-electron chi connectivity index (χ2n) is 3.74. The number of rotatable bonds is 3. The van der Waals surface area contributed by atoms with E-state index in [9.17, 15) is 0 Å². The van der Waals surface area contributed by atoms with Gasteiger partial charge in [0, 0.05) is 0 Å². The third-order valence-corrected chi connectivity index (χ3v) is 2.70. The predicted molar refractivity (Wildman–Crippen MR) is 74.5 cm³/mol. The van der Waals surface area contributed by atoms with E-state index in [1.54, 1.807) is 18.4 Å². The Hall–Kier alpha value is -2.40. The Morgan fingerprint density at radius 1 is 1.11 bits per heavy atom. The first-order valence-corrected chi connectivity index (χ1v) is 5.95. The molecule has 0 atom stereocenters. The molecule has 0 amide bonds. The zero-order valence-corrected chi connectivity index (χ0v) is 10.5. The number of nitrogens with zero attached hydrogens (tertiary/aromatic N) is 3. The number of aromatic nitrogens is 2. The van der Waals surface area contributed by atoms with Gasteiger partial charge in [-0.05, 0) is 24.3 Å². The Morgan fingerprint density at radius 2 is 1.89 bits per heavy atom. The smallest absolute Gasteiger partial charge is 0.185 e. The summed E-state index contributed by atoms with van der Waals surface area (Å²) in [5, 5.41) is 4.27. The van der Waals surface area contributed by atoms with Crippen LogP contribution in [-0.4, -0.2) is 16.2 Å². The zero-order valence-electron chi connectivity index (χ0n) is 9.75. The van der Waals surface area contributed by atoms with E-state index < -0.39 is 0 Å². The highest BCUT2D eigenvalue weighted by Gasteiger charge is 2.05. The molecule has 19 heavy (non-hydrogen) atoms. The van der Waals surface area contributed by atoms with Gasteiger partial charge in [0.15, 0.2) is 11.0 Å². The van der Waals surface area contributed by atoms with Crippen molar-refractivity contribution in [2.45, 2.75) is 0 Å². The lowest BCUT2D eigenvalue weighted by molar-refractivity contribution is 0.560. The van der Waals surface area contributed by atoms with Crippen molar-refractivity contribution < 1.29 is 4.42 Å². The summed E-state index contributed by atoms with van der Waals surface area (Å²) in [6.45, 7) is 0. The number of hydrogen-bond acceptors (Lipinski definition) is 5. The fourth-order valence-corrected chi connectivity index (χ4v) is 1.75. The van der Waals surface area contributed by atoms with Gasteiger partial charge in [0.05, 0.1) is 23.5 Å². The van der Waals surface area contributed by atoms with Gasteiger partial charge in [0.2, 0.25) is 0 Å². The first-order chi connectivity index (χ1) is 9.33. The first-order valence-electron chi connectivity index (χ1n) is 5.58. The van der Waals surface area contributed by atoms with Crippen molar-refractivity contribution in [3.05, 3.63) is 53.6 Å². The average molecular weight is 273 g/mol. The highest BCUT2D eigenvalue weighted by atomic mass is 35.5. The highest BCUT2D eigenvalue weighted by Crippen LogP contribution is 2.20. The summed E-state index contributed by atoms with van der Waals surface area (Å²) in [6.07, 6.45) is 3.11. The quantitative estimate of drug-likeness (QED) is 0.587. The summed E-state index contributed by atoms with van der Waals surface area (Å²) in [6, 6.07) is 11.1. The molecular formula is C13H9ClN4O. The molecule has 2 heterocycles. The minimum Gasteiger partial charge on any atom is -0.463 e. The summed E-state index contributed by atoms with van der Waals surface area (Å²) in [5.74, 6) is 1.04. The van der Waals surface area contributed by atoms with Crippen LogP contribution in [0.3, 0.4) is 0 Å². The van der Waals surface area contributed by atoms with Crippen LogP contribution in [0.5, 0.6) is 0 Å². The van der Waals surface area contributed by atoms with Crippen LogP contribution in [0, 0.1) is 0 Å². The molecule has 0 aliphatic rings. The molecule has 3 aromatic rings. The van der Waals surface area contributed by atoms with Crippen molar-refractivity contribution in [2.75, 3.05) is 5.43 Å². The van der Waals surface area contributed by atoms with Gasteiger partial charge >= 0.3 is 0 Å². The maximum Gasteiger partial charge on any atom is 0.185 e. The standard InChI is InChI=1S/C13H9ClN4O/c14-12-13(18-15-8-9-4-3-7-19-9)17-11-6-2-1-5-10(11)16-12/h1-8H,(H,17,18).